The zero-order valence-corrected chi connectivity index (χ0v) is 17.6. The number of hydrogen-bond acceptors (Lipinski definition) is 7. The number of anilines is 1. The van der Waals surface area contributed by atoms with Gasteiger partial charge in [-0.2, -0.15) is 0 Å². The van der Waals surface area contributed by atoms with Crippen molar-refractivity contribution in [3.63, 3.8) is 0 Å². The van der Waals surface area contributed by atoms with Gasteiger partial charge in [0.15, 0.2) is 5.16 Å². The highest BCUT2D eigenvalue weighted by Crippen LogP contribution is 2.34. The number of carbonyl (C=O) groups is 2. The van der Waals surface area contributed by atoms with E-state index in [1.165, 1.54) is 30.2 Å². The number of allylic oxidation sites excluding steroid dienone is 1. The highest BCUT2D eigenvalue weighted by molar-refractivity contribution is 7.99. The Morgan fingerprint density at radius 1 is 1.33 bits per heavy atom. The van der Waals surface area contributed by atoms with E-state index in [4.69, 9.17) is 4.74 Å². The topological polar surface area (TPSA) is 86.1 Å². The van der Waals surface area contributed by atoms with Crippen LogP contribution in [-0.2, 0) is 28.9 Å². The maximum absolute atomic E-state index is 12.4. The second-order valence-electron chi connectivity index (χ2n) is 5.67. The molecule has 9 heteroatoms. The van der Waals surface area contributed by atoms with Crippen LogP contribution in [0.15, 0.2) is 17.8 Å². The van der Waals surface area contributed by atoms with Crippen molar-refractivity contribution in [1.82, 2.24) is 14.8 Å². The van der Waals surface area contributed by atoms with E-state index in [2.05, 4.69) is 22.1 Å². The smallest absolute Gasteiger partial charge is 0.341 e. The van der Waals surface area contributed by atoms with Crippen LogP contribution in [0.2, 0.25) is 0 Å². The van der Waals surface area contributed by atoms with Gasteiger partial charge < -0.3 is 14.6 Å². The van der Waals surface area contributed by atoms with Gasteiger partial charge in [-0.05, 0) is 18.9 Å². The number of methoxy groups -OCH3 is 1. The van der Waals surface area contributed by atoms with Crippen LogP contribution in [0.5, 0.6) is 0 Å². The van der Waals surface area contributed by atoms with Gasteiger partial charge >= 0.3 is 5.97 Å². The number of aryl methyl sites for hydroxylation is 2. The molecule has 2 rings (SSSR count). The minimum atomic E-state index is -0.433. The van der Waals surface area contributed by atoms with Crippen molar-refractivity contribution >= 4 is 40.0 Å². The van der Waals surface area contributed by atoms with E-state index >= 15 is 0 Å². The summed E-state index contributed by atoms with van der Waals surface area (Å²) >= 11 is 2.70. The maximum Gasteiger partial charge on any atom is 0.341 e. The summed E-state index contributed by atoms with van der Waals surface area (Å²) in [5, 5.41) is 12.3. The molecule has 0 saturated carbocycles. The molecule has 7 nitrogen and oxygen atoms in total. The van der Waals surface area contributed by atoms with Crippen LogP contribution in [0.25, 0.3) is 0 Å². The van der Waals surface area contributed by atoms with Crippen molar-refractivity contribution in [2.24, 2.45) is 0 Å². The fourth-order valence-electron chi connectivity index (χ4n) is 2.70. The van der Waals surface area contributed by atoms with Gasteiger partial charge in [-0.25, -0.2) is 4.79 Å². The lowest BCUT2D eigenvalue weighted by Crippen LogP contribution is -2.16. The first-order valence-electron chi connectivity index (χ1n) is 8.62. The number of hydrogen-bond donors (Lipinski definition) is 1. The van der Waals surface area contributed by atoms with Gasteiger partial charge in [0.25, 0.3) is 0 Å². The zero-order valence-electron chi connectivity index (χ0n) is 16.0. The molecular formula is C18H24N4O3S2. The molecule has 0 bridgehead atoms. The third-order valence-electron chi connectivity index (χ3n) is 3.96. The van der Waals surface area contributed by atoms with Crippen LogP contribution in [-0.4, -0.2) is 39.5 Å². The number of rotatable bonds is 9. The number of carbonyl (C=O) groups excluding carboxylic acids is 2. The number of nitrogens with one attached hydrogen (secondary N) is 1. The van der Waals surface area contributed by atoms with Crippen LogP contribution in [0.1, 0.15) is 40.5 Å². The van der Waals surface area contributed by atoms with Crippen LogP contribution >= 0.6 is 23.1 Å². The molecule has 0 atom stereocenters. The third-order valence-corrected chi connectivity index (χ3v) is 5.99. The Morgan fingerprint density at radius 3 is 2.67 bits per heavy atom. The van der Waals surface area contributed by atoms with Gasteiger partial charge in [-0.3, -0.25) is 4.79 Å². The lowest BCUT2D eigenvalue weighted by Gasteiger charge is -2.08. The predicted molar refractivity (Wildman–Crippen MR) is 109 cm³/mol. The molecule has 0 aliphatic carbocycles. The summed E-state index contributed by atoms with van der Waals surface area (Å²) in [4.78, 5) is 25.6. The largest absolute Gasteiger partial charge is 0.465 e. The van der Waals surface area contributed by atoms with E-state index in [-0.39, 0.29) is 11.7 Å². The average molecular weight is 409 g/mol. The lowest BCUT2D eigenvalue weighted by atomic mass is 10.1. The minimum Gasteiger partial charge on any atom is -0.465 e. The SMILES string of the molecule is C=CCn1c(CC)nnc1SCC(=O)Nc1sc(C)c(CC)c1C(=O)OC. The number of amides is 1. The molecule has 0 aliphatic heterocycles. The Kier molecular flexibility index (Phi) is 7.61. The molecule has 0 aliphatic rings. The average Bonchev–Trinajstić information content (AvgIpc) is 3.19. The monoisotopic (exact) mass is 408 g/mol. The molecule has 2 aromatic heterocycles. The quantitative estimate of drug-likeness (QED) is 0.388. The standard InChI is InChI=1S/C18H24N4O3S2/c1-6-9-22-13(8-3)20-21-18(22)26-10-14(23)19-16-15(17(24)25-5)12(7-2)11(4)27-16/h6H,1,7-10H2,2-5H3,(H,19,23). The molecule has 0 saturated heterocycles. The number of thioether (sulfide) groups is 1. The first kappa shape index (κ1) is 21.2. The number of ether oxygens (including phenoxy) is 1. The van der Waals surface area contributed by atoms with Crippen LogP contribution in [0, 0.1) is 6.92 Å². The fraction of sp³-hybridized carbons (Fsp3) is 0.444. The lowest BCUT2D eigenvalue weighted by molar-refractivity contribution is -0.113. The highest BCUT2D eigenvalue weighted by Gasteiger charge is 2.23. The Labute approximate surface area is 167 Å². The first-order valence-corrected chi connectivity index (χ1v) is 10.4. The highest BCUT2D eigenvalue weighted by atomic mass is 32.2. The van der Waals surface area contributed by atoms with Crippen LogP contribution in [0.3, 0.4) is 0 Å². The molecule has 0 aromatic carbocycles. The third kappa shape index (κ3) is 4.78. The molecule has 146 valence electrons. The van der Waals surface area contributed by atoms with Crippen molar-refractivity contribution in [3.8, 4) is 0 Å². The van der Waals surface area contributed by atoms with Gasteiger partial charge in [-0.15, -0.1) is 28.1 Å². The van der Waals surface area contributed by atoms with E-state index in [9.17, 15) is 9.59 Å². The summed E-state index contributed by atoms with van der Waals surface area (Å²) in [5.74, 6) is 0.378. The van der Waals surface area contributed by atoms with E-state index in [0.29, 0.717) is 28.7 Å². The van der Waals surface area contributed by atoms with Gasteiger partial charge in [0.1, 0.15) is 10.8 Å². The summed E-state index contributed by atoms with van der Waals surface area (Å²) in [6, 6.07) is 0. The molecule has 2 heterocycles. The Balaban J connectivity index is 2.12. The Morgan fingerprint density at radius 2 is 2.07 bits per heavy atom. The van der Waals surface area contributed by atoms with Crippen LogP contribution < -0.4 is 5.32 Å². The fourth-order valence-corrected chi connectivity index (χ4v) is 4.62. The summed E-state index contributed by atoms with van der Waals surface area (Å²) in [6.45, 7) is 10.3. The van der Waals surface area contributed by atoms with Crippen molar-refractivity contribution in [1.29, 1.82) is 0 Å². The van der Waals surface area contributed by atoms with E-state index in [0.717, 1.165) is 22.7 Å². The van der Waals surface area contributed by atoms with Crippen molar-refractivity contribution in [2.45, 2.75) is 45.3 Å². The second-order valence-corrected chi connectivity index (χ2v) is 7.84. The number of esters is 1. The van der Waals surface area contributed by atoms with Gasteiger partial charge in [0.2, 0.25) is 5.91 Å². The Hall–Kier alpha value is -2.13. The van der Waals surface area contributed by atoms with E-state index in [1.54, 1.807) is 6.08 Å². The molecule has 1 N–H and O–H groups in total. The van der Waals surface area contributed by atoms with Crippen molar-refractivity contribution in [2.75, 3.05) is 18.2 Å². The molecule has 1 amide bonds. The van der Waals surface area contributed by atoms with Gasteiger partial charge in [-0.1, -0.05) is 31.7 Å². The van der Waals surface area contributed by atoms with E-state index in [1.807, 2.05) is 25.3 Å². The molecule has 27 heavy (non-hydrogen) atoms. The van der Waals surface area contributed by atoms with Gasteiger partial charge in [0.05, 0.1) is 18.4 Å². The molecular weight excluding hydrogens is 384 g/mol. The predicted octanol–water partition coefficient (Wildman–Crippen LogP) is 3.48. The summed E-state index contributed by atoms with van der Waals surface area (Å²) < 4.78 is 6.82. The summed E-state index contributed by atoms with van der Waals surface area (Å²) in [7, 11) is 1.34. The molecule has 0 fully saturated rings. The summed E-state index contributed by atoms with van der Waals surface area (Å²) in [5.41, 5.74) is 1.36. The number of nitrogens with zero attached hydrogens (tertiary/aromatic N) is 3. The van der Waals surface area contributed by atoms with Gasteiger partial charge in [0, 0.05) is 17.8 Å². The Bertz CT molecular complexity index is 842. The van der Waals surface area contributed by atoms with Crippen molar-refractivity contribution < 1.29 is 14.3 Å². The van der Waals surface area contributed by atoms with E-state index < -0.39 is 5.97 Å². The van der Waals surface area contributed by atoms with Crippen LogP contribution in [0.4, 0.5) is 5.00 Å². The summed E-state index contributed by atoms with van der Waals surface area (Å²) in [6.07, 6.45) is 3.22. The first-order chi connectivity index (χ1) is 13.0. The normalized spacial score (nSPS) is 10.7. The molecule has 2 aromatic rings. The van der Waals surface area contributed by atoms with Crippen molar-refractivity contribution in [3.05, 3.63) is 34.5 Å². The number of thiophene rings is 1. The number of aromatic nitrogens is 3. The molecule has 0 spiro atoms. The second kappa shape index (κ2) is 9.70. The molecule has 0 unspecified atom stereocenters. The maximum atomic E-state index is 12.4. The zero-order chi connectivity index (χ0) is 20.0. The molecule has 0 radical (unpaired) electrons. The minimum absolute atomic E-state index is 0.165.